The Balaban J connectivity index is 1.29. The molecule has 226 valence electrons. The van der Waals surface area contributed by atoms with E-state index in [4.69, 9.17) is 4.98 Å². The van der Waals surface area contributed by atoms with Crippen LogP contribution >= 0.6 is 10.8 Å². The zero-order valence-corrected chi connectivity index (χ0v) is 24.9. The van der Waals surface area contributed by atoms with Gasteiger partial charge in [0.05, 0.1) is 4.90 Å². The number of carbonyl (C=O) groups excluding carboxylic acids is 1. The monoisotopic (exact) mass is 594 g/mol. The SMILES string of the molecule is CCN1CCCC1CNc1nc(Nc2ccc(S(O)(O)NC(=O)c3ccccc3)cc2)nc(NC2CCCCCC2)n1. The first-order valence-corrected chi connectivity index (χ1v) is 16.5. The molecular formula is C30H42N8O3S. The normalized spacial score (nSPS) is 18.7. The van der Waals surface area contributed by atoms with Crippen molar-refractivity contribution < 1.29 is 13.9 Å². The summed E-state index contributed by atoms with van der Waals surface area (Å²) in [5, 5.41) is 10.2. The summed E-state index contributed by atoms with van der Waals surface area (Å²) in [6.45, 7) is 5.11. The summed E-state index contributed by atoms with van der Waals surface area (Å²) in [6, 6.07) is 15.8. The van der Waals surface area contributed by atoms with Gasteiger partial charge in [0.25, 0.3) is 5.91 Å². The fourth-order valence-electron chi connectivity index (χ4n) is 5.63. The third kappa shape index (κ3) is 8.09. The van der Waals surface area contributed by atoms with E-state index in [0.717, 1.165) is 38.9 Å². The van der Waals surface area contributed by atoms with Gasteiger partial charge >= 0.3 is 0 Å². The molecule has 0 spiro atoms. The van der Waals surface area contributed by atoms with Crippen LogP contribution in [0.5, 0.6) is 0 Å². The largest absolute Gasteiger partial charge is 0.352 e. The Bertz CT molecular complexity index is 1300. The van der Waals surface area contributed by atoms with E-state index in [9.17, 15) is 13.9 Å². The molecule has 3 aromatic rings. The van der Waals surface area contributed by atoms with Gasteiger partial charge in [-0.3, -0.25) is 18.8 Å². The second kappa shape index (κ2) is 14.1. The summed E-state index contributed by atoms with van der Waals surface area (Å²) in [5.74, 6) is 0.881. The minimum atomic E-state index is -3.54. The zero-order valence-electron chi connectivity index (χ0n) is 24.1. The van der Waals surface area contributed by atoms with Crippen LogP contribution in [0.15, 0.2) is 59.5 Å². The molecule has 42 heavy (non-hydrogen) atoms. The zero-order chi connectivity index (χ0) is 29.4. The molecule has 5 rings (SSSR count). The summed E-state index contributed by atoms with van der Waals surface area (Å²) in [6.07, 6.45) is 9.48. The van der Waals surface area contributed by atoms with Crippen molar-refractivity contribution in [2.45, 2.75) is 75.3 Å². The number of amides is 1. The van der Waals surface area contributed by atoms with Crippen LogP contribution in [-0.4, -0.2) is 66.6 Å². The highest BCUT2D eigenvalue weighted by molar-refractivity contribution is 8.23. The predicted molar refractivity (Wildman–Crippen MR) is 168 cm³/mol. The van der Waals surface area contributed by atoms with Crippen LogP contribution in [-0.2, 0) is 0 Å². The van der Waals surface area contributed by atoms with Crippen molar-refractivity contribution in [3.63, 3.8) is 0 Å². The summed E-state index contributed by atoms with van der Waals surface area (Å²) in [5.41, 5.74) is 1.01. The van der Waals surface area contributed by atoms with Crippen LogP contribution < -0.4 is 20.7 Å². The maximum absolute atomic E-state index is 12.5. The van der Waals surface area contributed by atoms with E-state index >= 15 is 0 Å². The van der Waals surface area contributed by atoms with E-state index in [1.165, 1.54) is 32.1 Å². The molecule has 0 radical (unpaired) electrons. The molecule has 2 fully saturated rings. The van der Waals surface area contributed by atoms with Crippen molar-refractivity contribution in [2.75, 3.05) is 35.6 Å². The smallest absolute Gasteiger partial charge is 0.269 e. The van der Waals surface area contributed by atoms with Gasteiger partial charge in [0, 0.05) is 29.9 Å². The van der Waals surface area contributed by atoms with E-state index < -0.39 is 16.7 Å². The van der Waals surface area contributed by atoms with Crippen LogP contribution in [0.1, 0.15) is 68.6 Å². The van der Waals surface area contributed by atoms with E-state index in [0.29, 0.717) is 41.2 Å². The average molecular weight is 595 g/mol. The first-order valence-electron chi connectivity index (χ1n) is 14.9. The Hall–Kier alpha value is -3.45. The van der Waals surface area contributed by atoms with Crippen LogP contribution in [0.2, 0.25) is 0 Å². The highest BCUT2D eigenvalue weighted by Gasteiger charge is 2.24. The highest BCUT2D eigenvalue weighted by atomic mass is 32.3. The molecule has 1 saturated heterocycles. The number of nitrogens with zero attached hydrogens (tertiary/aromatic N) is 4. The Morgan fingerprint density at radius 3 is 2.29 bits per heavy atom. The Labute approximate surface area is 249 Å². The molecular weight excluding hydrogens is 552 g/mol. The molecule has 1 saturated carbocycles. The number of carbonyl (C=O) groups is 1. The number of nitrogens with one attached hydrogen (secondary N) is 4. The molecule has 1 amide bonds. The molecule has 2 aliphatic rings. The molecule has 12 heteroatoms. The molecule has 1 atom stereocenters. The van der Waals surface area contributed by atoms with Crippen LogP contribution in [0.4, 0.5) is 23.5 Å². The number of likely N-dealkylation sites (N-methyl/N-ethyl adjacent to an activating group) is 1. The van der Waals surface area contributed by atoms with E-state index in [-0.39, 0.29) is 4.90 Å². The molecule has 1 aliphatic carbocycles. The standard InChI is InChI=1S/C30H42N8O3S/c1-2-38-20-10-15-25(38)21-31-28-34-29(32-23-13-8-3-4-9-14-23)36-30(35-28)33-24-16-18-26(19-17-24)42(40,41)37-27(39)22-11-6-5-7-12-22/h5-7,11-12,16-19,23,25,40-41H,2-4,8-10,13-15,20-21H2,1H3,(H,37,39)(H3,31,32,33,34,35,36). The van der Waals surface area contributed by atoms with Gasteiger partial charge in [-0.1, -0.05) is 61.6 Å². The van der Waals surface area contributed by atoms with E-state index in [2.05, 4.69) is 42.5 Å². The third-order valence-electron chi connectivity index (χ3n) is 7.93. The molecule has 11 nitrogen and oxygen atoms in total. The van der Waals surface area contributed by atoms with Crippen molar-refractivity contribution in [2.24, 2.45) is 0 Å². The molecule has 1 unspecified atom stereocenters. The maximum atomic E-state index is 12.5. The van der Waals surface area contributed by atoms with Gasteiger partial charge in [0.2, 0.25) is 17.8 Å². The van der Waals surface area contributed by atoms with E-state index in [1.807, 2.05) is 0 Å². The lowest BCUT2D eigenvalue weighted by atomic mass is 10.1. The quantitative estimate of drug-likeness (QED) is 0.144. The minimum absolute atomic E-state index is 0.197. The van der Waals surface area contributed by atoms with Crippen molar-refractivity contribution >= 4 is 40.2 Å². The number of likely N-dealkylation sites (tertiary alicyclic amines) is 1. The molecule has 1 aromatic heterocycles. The second-order valence-corrected chi connectivity index (χ2v) is 12.7. The number of hydrogen-bond donors (Lipinski definition) is 6. The van der Waals surface area contributed by atoms with Gasteiger partial charge in [-0.05, 0) is 75.2 Å². The fraction of sp³-hybridized carbons (Fsp3) is 0.467. The number of hydrogen-bond acceptors (Lipinski definition) is 10. The molecule has 2 heterocycles. The van der Waals surface area contributed by atoms with E-state index in [1.54, 1.807) is 54.6 Å². The summed E-state index contributed by atoms with van der Waals surface area (Å²) in [4.78, 5) is 29.2. The molecule has 2 aromatic carbocycles. The highest BCUT2D eigenvalue weighted by Crippen LogP contribution is 2.44. The summed E-state index contributed by atoms with van der Waals surface area (Å²) in [7, 11) is -3.54. The van der Waals surface area contributed by atoms with Crippen molar-refractivity contribution in [1.82, 2.24) is 24.6 Å². The minimum Gasteiger partial charge on any atom is -0.352 e. The number of aromatic nitrogens is 3. The van der Waals surface area contributed by atoms with Gasteiger partial charge in [0.1, 0.15) is 0 Å². The Morgan fingerprint density at radius 1 is 0.881 bits per heavy atom. The van der Waals surface area contributed by atoms with Gasteiger partial charge in [-0.25, -0.2) is 4.72 Å². The van der Waals surface area contributed by atoms with Crippen molar-refractivity contribution in [3.05, 3.63) is 60.2 Å². The van der Waals surface area contributed by atoms with Crippen molar-refractivity contribution in [1.29, 1.82) is 0 Å². The lowest BCUT2D eigenvalue weighted by Crippen LogP contribution is -2.35. The first kappa shape index (κ1) is 30.0. The van der Waals surface area contributed by atoms with Crippen LogP contribution in [0.3, 0.4) is 0 Å². The fourth-order valence-corrected chi connectivity index (χ4v) is 6.64. The maximum Gasteiger partial charge on any atom is 0.269 e. The summed E-state index contributed by atoms with van der Waals surface area (Å²) >= 11 is 0. The molecule has 0 bridgehead atoms. The number of benzene rings is 2. The molecule has 6 N–H and O–H groups in total. The lowest BCUT2D eigenvalue weighted by molar-refractivity contribution is 0.0978. The van der Waals surface area contributed by atoms with Gasteiger partial charge in [0.15, 0.2) is 0 Å². The predicted octanol–water partition coefficient (Wildman–Crippen LogP) is 6.10. The van der Waals surface area contributed by atoms with Crippen LogP contribution in [0.25, 0.3) is 0 Å². The number of anilines is 4. The molecule has 1 aliphatic heterocycles. The summed E-state index contributed by atoms with van der Waals surface area (Å²) < 4.78 is 23.7. The average Bonchev–Trinajstić information content (AvgIpc) is 3.30. The third-order valence-corrected chi connectivity index (χ3v) is 9.33. The number of rotatable bonds is 11. The second-order valence-electron chi connectivity index (χ2n) is 10.9. The lowest BCUT2D eigenvalue weighted by Gasteiger charge is -2.32. The van der Waals surface area contributed by atoms with Crippen LogP contribution in [0, 0.1) is 0 Å². The Morgan fingerprint density at radius 2 is 1.57 bits per heavy atom. The topological polar surface area (TPSA) is 148 Å². The van der Waals surface area contributed by atoms with Gasteiger partial charge in [-0.2, -0.15) is 15.0 Å². The first-order chi connectivity index (χ1) is 20.4. The van der Waals surface area contributed by atoms with Crippen molar-refractivity contribution in [3.8, 4) is 0 Å². The van der Waals surface area contributed by atoms with Gasteiger partial charge in [-0.15, -0.1) is 0 Å². The van der Waals surface area contributed by atoms with Gasteiger partial charge < -0.3 is 16.0 Å². The Kier molecular flexibility index (Phi) is 10.1.